The fraction of sp³-hybridized carbons (Fsp3) is 0.500. The molecule has 2 rings (SSSR count). The molecular formula is C20H29N2O2+. The first kappa shape index (κ1) is 18.4. The summed E-state index contributed by atoms with van der Waals surface area (Å²) in [6, 6.07) is 8.86. The highest BCUT2D eigenvalue weighted by Crippen LogP contribution is 2.14. The van der Waals surface area contributed by atoms with E-state index in [1.165, 1.54) is 47.4 Å². The number of unbranched alkanes of at least 4 members (excludes halogenated alkanes) is 2. The summed E-state index contributed by atoms with van der Waals surface area (Å²) in [5.74, 6) is -0.395. The van der Waals surface area contributed by atoms with E-state index in [9.17, 15) is 9.59 Å². The van der Waals surface area contributed by atoms with Gasteiger partial charge in [0.25, 0.3) is 11.8 Å². The maximum atomic E-state index is 11.6. The molecule has 0 aliphatic carbocycles. The fourth-order valence-corrected chi connectivity index (χ4v) is 2.99. The summed E-state index contributed by atoms with van der Waals surface area (Å²) in [5, 5.41) is 0. The normalized spacial score (nSPS) is 14.7. The maximum Gasteiger partial charge on any atom is 0.253 e. The maximum absolute atomic E-state index is 11.6. The van der Waals surface area contributed by atoms with Gasteiger partial charge in [-0.3, -0.25) is 14.5 Å². The van der Waals surface area contributed by atoms with Crippen LogP contribution in [0.25, 0.3) is 0 Å². The summed E-state index contributed by atoms with van der Waals surface area (Å²) in [7, 11) is 4.27. The Morgan fingerprint density at radius 1 is 0.917 bits per heavy atom. The topological polar surface area (TPSA) is 37.4 Å². The molecule has 0 saturated heterocycles. The molecule has 0 N–H and O–H groups in total. The molecule has 0 fully saturated rings. The first-order valence-electron chi connectivity index (χ1n) is 8.84. The van der Waals surface area contributed by atoms with Gasteiger partial charge in [0.2, 0.25) is 0 Å². The van der Waals surface area contributed by atoms with Gasteiger partial charge in [-0.25, -0.2) is 0 Å². The smallest absolute Gasteiger partial charge is 0.253 e. The number of rotatable bonds is 9. The predicted molar refractivity (Wildman–Crippen MR) is 96.2 cm³/mol. The second-order valence-corrected chi connectivity index (χ2v) is 7.25. The molecular weight excluding hydrogens is 300 g/mol. The Hall–Kier alpha value is -1.94. The number of aryl methyl sites for hydroxylation is 1. The Kier molecular flexibility index (Phi) is 6.32. The summed E-state index contributed by atoms with van der Waals surface area (Å²) < 4.78 is 0.742. The Morgan fingerprint density at radius 3 is 2.08 bits per heavy atom. The molecule has 4 nitrogen and oxygen atoms in total. The Bertz CT molecular complexity index is 585. The summed E-state index contributed by atoms with van der Waals surface area (Å²) in [6.45, 7) is 4.32. The zero-order valence-electron chi connectivity index (χ0n) is 15.1. The Morgan fingerprint density at radius 2 is 1.50 bits per heavy atom. The molecule has 0 atom stereocenters. The van der Waals surface area contributed by atoms with Crippen LogP contribution in [-0.2, 0) is 22.6 Å². The lowest BCUT2D eigenvalue weighted by Gasteiger charge is -2.31. The highest BCUT2D eigenvalue weighted by molar-refractivity contribution is 6.12. The second-order valence-electron chi connectivity index (χ2n) is 7.25. The summed E-state index contributed by atoms with van der Waals surface area (Å²) in [4.78, 5) is 24.5. The van der Waals surface area contributed by atoms with Crippen LogP contribution < -0.4 is 0 Å². The molecule has 24 heavy (non-hydrogen) atoms. The molecule has 1 heterocycles. The Balaban J connectivity index is 1.84. The monoisotopic (exact) mass is 329 g/mol. The van der Waals surface area contributed by atoms with Crippen molar-refractivity contribution in [3.63, 3.8) is 0 Å². The van der Waals surface area contributed by atoms with E-state index in [1.807, 2.05) is 0 Å². The van der Waals surface area contributed by atoms with Gasteiger partial charge in [0, 0.05) is 17.7 Å². The molecule has 1 aromatic rings. The summed E-state index contributed by atoms with van der Waals surface area (Å²) >= 11 is 0. The van der Waals surface area contributed by atoms with Crippen molar-refractivity contribution >= 4 is 11.8 Å². The van der Waals surface area contributed by atoms with Crippen LogP contribution in [0.4, 0.5) is 0 Å². The minimum Gasteiger partial charge on any atom is -0.323 e. The SMILES string of the molecule is CCCCCc1ccc(C[N+](C)(C)CCN2C(=O)C=CC2=O)cc1. The first-order valence-corrected chi connectivity index (χ1v) is 8.84. The van der Waals surface area contributed by atoms with Gasteiger partial charge in [0.05, 0.1) is 27.2 Å². The van der Waals surface area contributed by atoms with E-state index >= 15 is 0 Å². The molecule has 1 aromatic carbocycles. The van der Waals surface area contributed by atoms with Crippen LogP contribution in [0.1, 0.15) is 37.3 Å². The van der Waals surface area contributed by atoms with Gasteiger partial charge < -0.3 is 4.48 Å². The first-order chi connectivity index (χ1) is 11.4. The number of likely N-dealkylation sites (N-methyl/N-ethyl adjacent to an activating group) is 1. The minimum absolute atomic E-state index is 0.198. The molecule has 0 unspecified atom stereocenters. The van der Waals surface area contributed by atoms with Crippen molar-refractivity contribution in [2.75, 3.05) is 27.2 Å². The molecule has 1 aliphatic rings. The highest BCUT2D eigenvalue weighted by atomic mass is 16.2. The van der Waals surface area contributed by atoms with Crippen LogP contribution in [0.15, 0.2) is 36.4 Å². The van der Waals surface area contributed by atoms with E-state index in [-0.39, 0.29) is 11.8 Å². The number of hydrogen-bond acceptors (Lipinski definition) is 2. The highest BCUT2D eigenvalue weighted by Gasteiger charge is 2.26. The molecule has 4 heteroatoms. The molecule has 0 spiro atoms. The molecule has 0 aromatic heterocycles. The van der Waals surface area contributed by atoms with Crippen molar-refractivity contribution < 1.29 is 14.1 Å². The van der Waals surface area contributed by atoms with Crippen LogP contribution in [0, 0.1) is 0 Å². The lowest BCUT2D eigenvalue weighted by atomic mass is 10.0. The van der Waals surface area contributed by atoms with E-state index in [2.05, 4.69) is 45.3 Å². The number of quaternary nitrogens is 1. The largest absolute Gasteiger partial charge is 0.323 e. The number of amides is 2. The van der Waals surface area contributed by atoms with Crippen LogP contribution in [0.3, 0.4) is 0 Å². The van der Waals surface area contributed by atoms with E-state index in [1.54, 1.807) is 0 Å². The van der Waals surface area contributed by atoms with Crippen LogP contribution in [0.2, 0.25) is 0 Å². The third-order valence-electron chi connectivity index (χ3n) is 4.53. The third-order valence-corrected chi connectivity index (χ3v) is 4.53. The summed E-state index contributed by atoms with van der Waals surface area (Å²) in [6.07, 6.45) is 7.64. The van der Waals surface area contributed by atoms with Gasteiger partial charge in [0.15, 0.2) is 0 Å². The molecule has 130 valence electrons. The van der Waals surface area contributed by atoms with Gasteiger partial charge in [0.1, 0.15) is 6.54 Å². The number of carbonyl (C=O) groups excluding carboxylic acids is 2. The van der Waals surface area contributed by atoms with Crippen molar-refractivity contribution in [2.24, 2.45) is 0 Å². The van der Waals surface area contributed by atoms with Crippen molar-refractivity contribution in [1.29, 1.82) is 0 Å². The molecule has 2 amide bonds. The number of hydrogen-bond donors (Lipinski definition) is 0. The average Bonchev–Trinajstić information content (AvgIpc) is 2.86. The van der Waals surface area contributed by atoms with Crippen molar-refractivity contribution in [1.82, 2.24) is 4.90 Å². The average molecular weight is 329 g/mol. The molecule has 1 aliphatic heterocycles. The van der Waals surface area contributed by atoms with Crippen molar-refractivity contribution in [3.8, 4) is 0 Å². The fourth-order valence-electron chi connectivity index (χ4n) is 2.99. The zero-order valence-corrected chi connectivity index (χ0v) is 15.1. The van der Waals surface area contributed by atoms with E-state index in [0.717, 1.165) is 24.0 Å². The Labute approximate surface area is 145 Å². The van der Waals surface area contributed by atoms with Crippen LogP contribution in [-0.4, -0.2) is 48.4 Å². The number of imide groups is 1. The molecule has 0 bridgehead atoms. The quantitative estimate of drug-likeness (QED) is 0.397. The minimum atomic E-state index is -0.198. The number of nitrogens with zero attached hydrogens (tertiary/aromatic N) is 2. The van der Waals surface area contributed by atoms with Crippen LogP contribution >= 0.6 is 0 Å². The van der Waals surface area contributed by atoms with Gasteiger partial charge in [-0.15, -0.1) is 0 Å². The predicted octanol–water partition coefficient (Wildman–Crippen LogP) is 2.92. The van der Waals surface area contributed by atoms with Gasteiger partial charge in [-0.1, -0.05) is 44.0 Å². The van der Waals surface area contributed by atoms with Crippen LogP contribution in [0.5, 0.6) is 0 Å². The molecule has 0 saturated carbocycles. The van der Waals surface area contributed by atoms with Crippen molar-refractivity contribution in [2.45, 2.75) is 39.2 Å². The third kappa shape index (κ3) is 5.31. The van der Waals surface area contributed by atoms with E-state index < -0.39 is 0 Å². The lowest BCUT2D eigenvalue weighted by molar-refractivity contribution is -0.902. The van der Waals surface area contributed by atoms with Gasteiger partial charge in [-0.2, -0.15) is 0 Å². The zero-order chi connectivity index (χ0) is 17.6. The van der Waals surface area contributed by atoms with Gasteiger partial charge >= 0.3 is 0 Å². The molecule has 0 radical (unpaired) electrons. The van der Waals surface area contributed by atoms with Crippen molar-refractivity contribution in [3.05, 3.63) is 47.5 Å². The lowest BCUT2D eigenvalue weighted by Crippen LogP contribution is -2.46. The van der Waals surface area contributed by atoms with E-state index in [4.69, 9.17) is 0 Å². The summed E-state index contributed by atoms with van der Waals surface area (Å²) in [5.41, 5.74) is 2.69. The number of benzene rings is 1. The van der Waals surface area contributed by atoms with Gasteiger partial charge in [-0.05, 0) is 18.4 Å². The standard InChI is InChI=1S/C20H29N2O2/c1-4-5-6-7-17-8-10-18(11-9-17)16-22(2,3)15-14-21-19(23)12-13-20(21)24/h8-13H,4-7,14-16H2,1-3H3/q+1. The van der Waals surface area contributed by atoms with E-state index in [0.29, 0.717) is 6.54 Å². The second kappa shape index (κ2) is 8.25. The number of carbonyl (C=O) groups is 2.